The van der Waals surface area contributed by atoms with E-state index >= 15 is 0 Å². The Kier molecular flexibility index (Phi) is 0.714. The highest BCUT2D eigenvalue weighted by atomic mass is 16.7. The Balaban J connectivity index is 2.55. The summed E-state index contributed by atoms with van der Waals surface area (Å²) in [5.41, 5.74) is 1.88. The summed E-state index contributed by atoms with van der Waals surface area (Å²) in [6.45, 7) is 0. The molecular weight excluding hydrogens is 98.0 g/mol. The molecule has 0 radical (unpaired) electrons. The molecule has 1 rings (SSSR count). The second kappa shape index (κ2) is 1.22. The van der Waals surface area contributed by atoms with Gasteiger partial charge in [0.1, 0.15) is 6.42 Å². The third-order valence-corrected chi connectivity index (χ3v) is 0.584. The van der Waals surface area contributed by atoms with E-state index in [1.807, 2.05) is 5.48 Å². The lowest BCUT2D eigenvalue weighted by molar-refractivity contribution is -0.144. The van der Waals surface area contributed by atoms with Gasteiger partial charge in [-0.2, -0.15) is 5.48 Å². The molecule has 1 fully saturated rings. The van der Waals surface area contributed by atoms with Crippen LogP contribution in [0.5, 0.6) is 0 Å². The van der Waals surface area contributed by atoms with E-state index in [0.717, 1.165) is 0 Å². The molecule has 0 aliphatic carbocycles. The molecule has 0 bridgehead atoms. The van der Waals surface area contributed by atoms with E-state index in [-0.39, 0.29) is 12.3 Å². The average Bonchev–Trinajstić information content (AvgIpc) is 1.87. The molecule has 4 nitrogen and oxygen atoms in total. The summed E-state index contributed by atoms with van der Waals surface area (Å²) in [7, 11) is 0. The quantitative estimate of drug-likeness (QED) is 0.397. The van der Waals surface area contributed by atoms with Crippen molar-refractivity contribution in [1.82, 2.24) is 5.48 Å². The maximum atomic E-state index is 10.00. The lowest BCUT2D eigenvalue weighted by atomic mass is 10.4. The van der Waals surface area contributed by atoms with E-state index in [9.17, 15) is 9.59 Å². The Morgan fingerprint density at radius 3 is 2.43 bits per heavy atom. The number of rotatable bonds is 0. The molecule has 0 aromatic heterocycles. The number of nitrogens with one attached hydrogen (secondary N) is 1. The highest BCUT2D eigenvalue weighted by Crippen LogP contribution is 1.90. The molecule has 4 heteroatoms. The Bertz CT molecular complexity index is 105. The molecule has 0 spiro atoms. The van der Waals surface area contributed by atoms with Gasteiger partial charge in [-0.05, 0) is 0 Å². The van der Waals surface area contributed by atoms with Crippen LogP contribution in [0.3, 0.4) is 0 Å². The van der Waals surface area contributed by atoms with Crippen LogP contribution in [0.4, 0.5) is 0 Å². The Hall–Kier alpha value is -1.06. The molecule has 0 saturated carbocycles. The molecule has 1 aliphatic heterocycles. The number of hydrogen-bond acceptors (Lipinski definition) is 3. The van der Waals surface area contributed by atoms with Gasteiger partial charge >= 0.3 is 5.97 Å². The summed E-state index contributed by atoms with van der Waals surface area (Å²) in [5, 5.41) is 0. The van der Waals surface area contributed by atoms with Crippen molar-refractivity contribution in [3.63, 3.8) is 0 Å². The van der Waals surface area contributed by atoms with Gasteiger partial charge in [-0.15, -0.1) is 0 Å². The fraction of sp³-hybridized carbons (Fsp3) is 0.333. The largest absolute Gasteiger partial charge is 0.341 e. The first-order valence-electron chi connectivity index (χ1n) is 1.77. The van der Waals surface area contributed by atoms with E-state index in [0.29, 0.717) is 0 Å². The summed E-state index contributed by atoms with van der Waals surface area (Å²) < 4.78 is 0. The van der Waals surface area contributed by atoms with Crippen molar-refractivity contribution >= 4 is 11.9 Å². The molecule has 1 N–H and O–H groups in total. The van der Waals surface area contributed by atoms with Gasteiger partial charge in [-0.3, -0.25) is 4.79 Å². The van der Waals surface area contributed by atoms with E-state index in [1.54, 1.807) is 0 Å². The fourth-order valence-corrected chi connectivity index (χ4v) is 0.317. The lowest BCUT2D eigenvalue weighted by Crippen LogP contribution is -2.11. The highest BCUT2D eigenvalue weighted by Gasteiger charge is 2.18. The molecule has 1 amide bonds. The predicted octanol–water partition coefficient (Wildman–Crippen LogP) is -1.04. The van der Waals surface area contributed by atoms with E-state index in [1.165, 1.54) is 0 Å². The zero-order chi connectivity index (χ0) is 5.28. The molecule has 1 saturated heterocycles. The zero-order valence-electron chi connectivity index (χ0n) is 3.43. The van der Waals surface area contributed by atoms with Crippen LogP contribution in [0.2, 0.25) is 0 Å². The Morgan fingerprint density at radius 1 is 1.57 bits per heavy atom. The Labute approximate surface area is 39.4 Å². The summed E-state index contributed by atoms with van der Waals surface area (Å²) in [6, 6.07) is 0. The van der Waals surface area contributed by atoms with Gasteiger partial charge in [0.05, 0.1) is 0 Å². The molecular formula is C3H3NO3. The molecule has 0 aromatic carbocycles. The third-order valence-electron chi connectivity index (χ3n) is 0.584. The maximum Gasteiger partial charge on any atom is 0.341 e. The average molecular weight is 101 g/mol. The van der Waals surface area contributed by atoms with Crippen molar-refractivity contribution in [1.29, 1.82) is 0 Å². The van der Waals surface area contributed by atoms with Gasteiger partial charge in [0.15, 0.2) is 0 Å². The number of hydroxylamine groups is 1. The highest BCUT2D eigenvalue weighted by molar-refractivity contribution is 5.97. The summed E-state index contributed by atoms with van der Waals surface area (Å²) in [4.78, 5) is 24.0. The van der Waals surface area contributed by atoms with Crippen molar-refractivity contribution in [3.8, 4) is 0 Å². The number of carbonyl (C=O) groups is 2. The molecule has 0 aromatic rings. The van der Waals surface area contributed by atoms with Gasteiger partial charge in [-0.1, -0.05) is 0 Å². The molecule has 1 heterocycles. The zero-order valence-corrected chi connectivity index (χ0v) is 3.43. The van der Waals surface area contributed by atoms with Gasteiger partial charge in [-0.25, -0.2) is 4.79 Å². The van der Waals surface area contributed by atoms with Crippen LogP contribution in [-0.4, -0.2) is 11.9 Å². The maximum absolute atomic E-state index is 10.00. The topological polar surface area (TPSA) is 55.4 Å². The van der Waals surface area contributed by atoms with E-state index in [2.05, 4.69) is 4.84 Å². The minimum atomic E-state index is -0.509. The third kappa shape index (κ3) is 0.677. The second-order valence-corrected chi connectivity index (χ2v) is 1.18. The van der Waals surface area contributed by atoms with Crippen LogP contribution in [0.25, 0.3) is 0 Å². The predicted molar refractivity (Wildman–Crippen MR) is 18.9 cm³/mol. The normalized spacial score (nSPS) is 18.9. The van der Waals surface area contributed by atoms with Crippen LogP contribution < -0.4 is 5.48 Å². The monoisotopic (exact) mass is 101 g/mol. The van der Waals surface area contributed by atoms with E-state index < -0.39 is 5.97 Å². The minimum Gasteiger partial charge on any atom is -0.340 e. The molecule has 0 atom stereocenters. The first kappa shape index (κ1) is 4.11. The van der Waals surface area contributed by atoms with Crippen LogP contribution in [0.1, 0.15) is 6.42 Å². The molecule has 38 valence electrons. The van der Waals surface area contributed by atoms with Gasteiger partial charge in [0.2, 0.25) is 0 Å². The van der Waals surface area contributed by atoms with Crippen molar-refractivity contribution < 1.29 is 14.4 Å². The molecule has 0 unspecified atom stereocenters. The number of carbonyl (C=O) groups excluding carboxylic acids is 2. The summed E-state index contributed by atoms with van der Waals surface area (Å²) >= 11 is 0. The summed E-state index contributed by atoms with van der Waals surface area (Å²) in [6.07, 6.45) is -0.139. The van der Waals surface area contributed by atoms with Gasteiger partial charge < -0.3 is 4.84 Å². The van der Waals surface area contributed by atoms with Crippen molar-refractivity contribution in [2.75, 3.05) is 0 Å². The van der Waals surface area contributed by atoms with Gasteiger partial charge in [0.25, 0.3) is 5.91 Å². The van der Waals surface area contributed by atoms with Crippen LogP contribution >= 0.6 is 0 Å². The Morgan fingerprint density at radius 2 is 2.29 bits per heavy atom. The van der Waals surface area contributed by atoms with Crippen molar-refractivity contribution in [3.05, 3.63) is 0 Å². The second-order valence-electron chi connectivity index (χ2n) is 1.18. The van der Waals surface area contributed by atoms with Crippen LogP contribution in [0, 0.1) is 0 Å². The fourth-order valence-electron chi connectivity index (χ4n) is 0.317. The first-order chi connectivity index (χ1) is 3.29. The molecule has 7 heavy (non-hydrogen) atoms. The van der Waals surface area contributed by atoms with Gasteiger partial charge in [0, 0.05) is 0 Å². The van der Waals surface area contributed by atoms with E-state index in [4.69, 9.17) is 0 Å². The van der Waals surface area contributed by atoms with Crippen LogP contribution in [0.15, 0.2) is 0 Å². The lowest BCUT2D eigenvalue weighted by Gasteiger charge is -1.82. The van der Waals surface area contributed by atoms with Crippen LogP contribution in [-0.2, 0) is 14.4 Å². The molecule has 1 aliphatic rings. The number of hydrogen-bond donors (Lipinski definition) is 1. The van der Waals surface area contributed by atoms with Crippen molar-refractivity contribution in [2.45, 2.75) is 6.42 Å². The number of amides is 1. The SMILES string of the molecule is O=C1CC(=O)ON1. The first-order valence-corrected chi connectivity index (χ1v) is 1.77. The smallest absolute Gasteiger partial charge is 0.340 e. The standard InChI is InChI=1S/C3H3NO3/c5-2-1-3(6)7-4-2/h1H2,(H,4,5). The minimum absolute atomic E-state index is 0.139. The summed E-state index contributed by atoms with van der Waals surface area (Å²) in [5.74, 6) is -0.880. The van der Waals surface area contributed by atoms with Crippen molar-refractivity contribution in [2.24, 2.45) is 0 Å².